The highest BCUT2D eigenvalue weighted by Crippen LogP contribution is 2.18. The van der Waals surface area contributed by atoms with E-state index in [1.807, 2.05) is 12.1 Å². The van der Waals surface area contributed by atoms with E-state index in [0.717, 1.165) is 5.56 Å². The molecule has 2 rings (SSSR count). The molecule has 0 saturated heterocycles. The summed E-state index contributed by atoms with van der Waals surface area (Å²) < 4.78 is 13.4. The predicted molar refractivity (Wildman–Crippen MR) is 70.6 cm³/mol. The lowest BCUT2D eigenvalue weighted by molar-refractivity contribution is 0.0992. The maximum atomic E-state index is 13.4. The number of hydrogen-bond acceptors (Lipinski definition) is 1. The van der Waals surface area contributed by atoms with Crippen LogP contribution in [-0.4, -0.2) is 5.78 Å². The highest BCUT2D eigenvalue weighted by Gasteiger charge is 2.10. The van der Waals surface area contributed by atoms with Crippen molar-refractivity contribution in [1.29, 1.82) is 0 Å². The normalized spacial score (nSPS) is 10.4. The quantitative estimate of drug-likeness (QED) is 0.757. The summed E-state index contributed by atoms with van der Waals surface area (Å²) in [6.45, 7) is 1.66. The Bertz CT molecular complexity index is 593. The monoisotopic (exact) mass is 262 g/mol. The van der Waals surface area contributed by atoms with Gasteiger partial charge in [-0.05, 0) is 30.2 Å². The molecule has 0 saturated carbocycles. The SMILES string of the molecule is Cc1ccc(C(=O)Cc2ccccc2Cl)cc1F. The fraction of sp³-hybridized carbons (Fsp3) is 0.133. The van der Waals surface area contributed by atoms with Gasteiger partial charge < -0.3 is 0 Å². The summed E-state index contributed by atoms with van der Waals surface area (Å²) in [6.07, 6.45) is 0.183. The van der Waals surface area contributed by atoms with E-state index in [1.54, 1.807) is 31.2 Å². The van der Waals surface area contributed by atoms with Gasteiger partial charge in [0.1, 0.15) is 5.82 Å². The van der Waals surface area contributed by atoms with Crippen molar-refractivity contribution in [3.63, 3.8) is 0 Å². The minimum absolute atomic E-state index is 0.137. The third-order valence-electron chi connectivity index (χ3n) is 2.80. The Morgan fingerprint density at radius 3 is 2.61 bits per heavy atom. The number of carbonyl (C=O) groups excluding carboxylic acids is 1. The lowest BCUT2D eigenvalue weighted by Gasteiger charge is -2.04. The van der Waals surface area contributed by atoms with Gasteiger partial charge in [0.2, 0.25) is 0 Å². The van der Waals surface area contributed by atoms with Crippen molar-refractivity contribution in [2.45, 2.75) is 13.3 Å². The first-order valence-corrected chi connectivity index (χ1v) is 5.98. The van der Waals surface area contributed by atoms with E-state index in [1.165, 1.54) is 6.07 Å². The van der Waals surface area contributed by atoms with Crippen LogP contribution in [0.5, 0.6) is 0 Å². The first-order chi connectivity index (χ1) is 8.58. The molecule has 0 aliphatic carbocycles. The Morgan fingerprint density at radius 1 is 1.22 bits per heavy atom. The summed E-state index contributed by atoms with van der Waals surface area (Å²) in [5.74, 6) is -0.498. The molecule has 0 bridgehead atoms. The summed E-state index contributed by atoms with van der Waals surface area (Å²) in [7, 11) is 0. The van der Waals surface area contributed by atoms with Gasteiger partial charge in [0, 0.05) is 17.0 Å². The fourth-order valence-corrected chi connectivity index (χ4v) is 1.89. The van der Waals surface area contributed by atoms with Crippen LogP contribution < -0.4 is 0 Å². The van der Waals surface area contributed by atoms with Crippen LogP contribution in [0.15, 0.2) is 42.5 Å². The second-order valence-corrected chi connectivity index (χ2v) is 4.56. The highest BCUT2D eigenvalue weighted by atomic mass is 35.5. The first-order valence-electron chi connectivity index (χ1n) is 5.60. The summed E-state index contributed by atoms with van der Waals surface area (Å²) in [6, 6.07) is 11.7. The second kappa shape index (κ2) is 5.32. The molecule has 0 amide bonds. The summed E-state index contributed by atoms with van der Waals surface area (Å²) >= 11 is 5.99. The molecule has 0 spiro atoms. The molecule has 0 heterocycles. The zero-order valence-electron chi connectivity index (χ0n) is 9.91. The molecule has 2 aromatic carbocycles. The van der Waals surface area contributed by atoms with Crippen molar-refractivity contribution in [2.24, 2.45) is 0 Å². The Balaban J connectivity index is 2.22. The molecule has 0 aliphatic heterocycles. The molecule has 3 heteroatoms. The van der Waals surface area contributed by atoms with Gasteiger partial charge in [-0.2, -0.15) is 0 Å². The van der Waals surface area contributed by atoms with E-state index >= 15 is 0 Å². The number of halogens is 2. The number of hydrogen-bond donors (Lipinski definition) is 0. The first kappa shape index (κ1) is 12.8. The van der Waals surface area contributed by atoms with Crippen LogP contribution in [-0.2, 0) is 6.42 Å². The standard InChI is InChI=1S/C15H12ClFO/c1-10-6-7-12(8-14(10)17)15(18)9-11-4-2-3-5-13(11)16/h2-8H,9H2,1H3. The molecule has 1 nitrogen and oxygen atoms in total. The highest BCUT2D eigenvalue weighted by molar-refractivity contribution is 6.31. The average Bonchev–Trinajstić information content (AvgIpc) is 2.35. The van der Waals surface area contributed by atoms with Crippen molar-refractivity contribution < 1.29 is 9.18 Å². The van der Waals surface area contributed by atoms with E-state index in [2.05, 4.69) is 0 Å². The zero-order valence-corrected chi connectivity index (χ0v) is 10.7. The molecule has 2 aromatic rings. The number of rotatable bonds is 3. The van der Waals surface area contributed by atoms with Gasteiger partial charge in [-0.3, -0.25) is 4.79 Å². The van der Waals surface area contributed by atoms with Crippen LogP contribution in [0.2, 0.25) is 5.02 Å². The minimum Gasteiger partial charge on any atom is -0.294 e. The van der Waals surface area contributed by atoms with Crippen LogP contribution in [0.1, 0.15) is 21.5 Å². The van der Waals surface area contributed by atoms with Crippen LogP contribution in [0.25, 0.3) is 0 Å². The minimum atomic E-state index is -0.361. The van der Waals surface area contributed by atoms with E-state index in [0.29, 0.717) is 16.1 Å². The summed E-state index contributed by atoms with van der Waals surface area (Å²) in [5, 5.41) is 0.554. The van der Waals surface area contributed by atoms with Gasteiger partial charge in [0.25, 0.3) is 0 Å². The maximum Gasteiger partial charge on any atom is 0.167 e. The molecule has 0 radical (unpaired) electrons. The van der Waals surface area contributed by atoms with Crippen molar-refractivity contribution in [3.8, 4) is 0 Å². The van der Waals surface area contributed by atoms with Crippen LogP contribution in [0.3, 0.4) is 0 Å². The molecule has 18 heavy (non-hydrogen) atoms. The number of aryl methyl sites for hydroxylation is 1. The van der Waals surface area contributed by atoms with Gasteiger partial charge in [-0.15, -0.1) is 0 Å². The fourth-order valence-electron chi connectivity index (χ4n) is 1.68. The summed E-state index contributed by atoms with van der Waals surface area (Å²) in [5.41, 5.74) is 1.66. The topological polar surface area (TPSA) is 17.1 Å². The Labute approximate surface area is 110 Å². The van der Waals surface area contributed by atoms with Crippen molar-refractivity contribution >= 4 is 17.4 Å². The second-order valence-electron chi connectivity index (χ2n) is 4.16. The number of ketones is 1. The van der Waals surface area contributed by atoms with Gasteiger partial charge >= 0.3 is 0 Å². The molecule has 0 atom stereocenters. The molecule has 0 unspecified atom stereocenters. The van der Waals surface area contributed by atoms with Crippen molar-refractivity contribution in [2.75, 3.05) is 0 Å². The molecule has 0 fully saturated rings. The van der Waals surface area contributed by atoms with E-state index in [9.17, 15) is 9.18 Å². The predicted octanol–water partition coefficient (Wildman–Crippen LogP) is 4.21. The molecular weight excluding hydrogens is 251 g/mol. The van der Waals surface area contributed by atoms with Gasteiger partial charge in [0.05, 0.1) is 0 Å². The largest absolute Gasteiger partial charge is 0.294 e. The van der Waals surface area contributed by atoms with Crippen LogP contribution in [0, 0.1) is 12.7 Å². The lowest BCUT2D eigenvalue weighted by Crippen LogP contribution is -2.04. The molecule has 92 valence electrons. The van der Waals surface area contributed by atoms with Gasteiger partial charge in [-0.25, -0.2) is 4.39 Å². The third-order valence-corrected chi connectivity index (χ3v) is 3.17. The molecule has 0 N–H and O–H groups in total. The Morgan fingerprint density at radius 2 is 1.94 bits per heavy atom. The van der Waals surface area contributed by atoms with Gasteiger partial charge in [-0.1, -0.05) is 41.9 Å². The lowest BCUT2D eigenvalue weighted by atomic mass is 10.0. The molecular formula is C15H12ClFO. The summed E-state index contributed by atoms with van der Waals surface area (Å²) in [4.78, 5) is 12.0. The Kier molecular flexibility index (Phi) is 3.78. The molecule has 0 aromatic heterocycles. The van der Waals surface area contributed by atoms with Crippen molar-refractivity contribution in [3.05, 3.63) is 70.0 Å². The smallest absolute Gasteiger partial charge is 0.167 e. The number of Topliss-reactive ketones (excluding diaryl/α,β-unsaturated/α-hetero) is 1. The van der Waals surface area contributed by atoms with E-state index in [-0.39, 0.29) is 18.0 Å². The Hall–Kier alpha value is -1.67. The maximum absolute atomic E-state index is 13.4. The average molecular weight is 263 g/mol. The van der Waals surface area contributed by atoms with E-state index < -0.39 is 0 Å². The van der Waals surface area contributed by atoms with Crippen LogP contribution >= 0.6 is 11.6 Å². The number of benzene rings is 2. The van der Waals surface area contributed by atoms with Crippen molar-refractivity contribution in [1.82, 2.24) is 0 Å². The zero-order chi connectivity index (χ0) is 13.1. The molecule has 0 aliphatic rings. The van der Waals surface area contributed by atoms with E-state index in [4.69, 9.17) is 11.6 Å². The third kappa shape index (κ3) is 2.77. The number of carbonyl (C=O) groups is 1. The van der Waals surface area contributed by atoms with Gasteiger partial charge in [0.15, 0.2) is 5.78 Å². The van der Waals surface area contributed by atoms with Crippen LogP contribution in [0.4, 0.5) is 4.39 Å².